The van der Waals surface area contributed by atoms with Gasteiger partial charge in [-0.15, -0.1) is 0 Å². The summed E-state index contributed by atoms with van der Waals surface area (Å²) >= 11 is 0. The Bertz CT molecular complexity index is 564. The fourth-order valence-corrected chi connectivity index (χ4v) is 2.81. The molecule has 0 aliphatic rings. The van der Waals surface area contributed by atoms with Gasteiger partial charge in [0.05, 0.1) is 165 Å². The van der Waals surface area contributed by atoms with Crippen LogP contribution in [-0.4, -0.2) is 179 Å². The van der Waals surface area contributed by atoms with E-state index in [0.717, 1.165) is 0 Å². The lowest BCUT2D eigenvalue weighted by molar-refractivity contribution is -0.0287. The zero-order valence-electron chi connectivity index (χ0n) is 26.0. The Morgan fingerprint density at radius 1 is 0.326 bits per heavy atom. The van der Waals surface area contributed by atoms with Gasteiger partial charge in [0.15, 0.2) is 0 Å². The molecule has 43 heavy (non-hydrogen) atoms. The molecule has 0 unspecified atom stereocenters. The van der Waals surface area contributed by atoms with E-state index < -0.39 is 0 Å². The first-order chi connectivity index (χ1) is 21.4. The van der Waals surface area contributed by atoms with E-state index >= 15 is 0 Å². The summed E-state index contributed by atoms with van der Waals surface area (Å²) in [4.78, 5) is 2.64. The molecule has 16 heteroatoms. The fraction of sp³-hybridized carbons (Fsp3) is 1.00. The molecule has 256 valence electrons. The molecule has 0 saturated carbocycles. The van der Waals surface area contributed by atoms with Gasteiger partial charge in [0.1, 0.15) is 0 Å². The molecule has 0 aromatic heterocycles. The minimum Gasteiger partial charge on any atom is -0.382 e. The highest BCUT2D eigenvalue weighted by atomic mass is 16.6. The van der Waals surface area contributed by atoms with Crippen LogP contribution in [0.2, 0.25) is 0 Å². The van der Waals surface area contributed by atoms with Crippen molar-refractivity contribution in [1.82, 2.24) is 0 Å². The van der Waals surface area contributed by atoms with Crippen LogP contribution >= 0.6 is 0 Å². The van der Waals surface area contributed by atoms with Gasteiger partial charge in [0.2, 0.25) is 0 Å². The molecule has 0 fully saturated rings. The van der Waals surface area contributed by atoms with E-state index in [2.05, 4.69) is 10.0 Å². The molecule has 0 heterocycles. The van der Waals surface area contributed by atoms with Crippen molar-refractivity contribution in [2.75, 3.05) is 179 Å². The molecule has 0 saturated heterocycles. The van der Waals surface area contributed by atoms with Crippen molar-refractivity contribution in [3.05, 3.63) is 10.4 Å². The Morgan fingerprint density at radius 2 is 0.512 bits per heavy atom. The maximum atomic E-state index is 8.13. The molecule has 0 rings (SSSR count). The molecule has 0 amide bonds. The second-order valence-electron chi connectivity index (χ2n) is 8.30. The van der Waals surface area contributed by atoms with E-state index in [0.29, 0.717) is 172 Å². The third kappa shape index (κ3) is 40.8. The lowest BCUT2D eigenvalue weighted by Gasteiger charge is -2.09. The number of ether oxygens (including phenoxy) is 13. The highest BCUT2D eigenvalue weighted by molar-refractivity contribution is 4.44. The first-order valence-electron chi connectivity index (χ1n) is 14.8. The summed E-state index contributed by atoms with van der Waals surface area (Å²) in [5.41, 5.74) is 8.13. The van der Waals surface area contributed by atoms with Gasteiger partial charge in [-0.25, -0.2) is 0 Å². The summed E-state index contributed by atoms with van der Waals surface area (Å²) < 4.78 is 69.7. The highest BCUT2D eigenvalue weighted by Gasteiger charge is 1.96. The summed E-state index contributed by atoms with van der Waals surface area (Å²) in [6, 6.07) is 0. The Morgan fingerprint density at radius 3 is 0.698 bits per heavy atom. The summed E-state index contributed by atoms with van der Waals surface area (Å²) in [6.07, 6.45) is 0. The van der Waals surface area contributed by atoms with E-state index in [4.69, 9.17) is 67.1 Å². The maximum absolute atomic E-state index is 8.13. The Hall–Kier alpha value is -1.21. The third-order valence-corrected chi connectivity index (χ3v) is 4.92. The molecular weight excluding hydrogens is 574 g/mol. The quantitative estimate of drug-likeness (QED) is 0.0411. The average Bonchev–Trinajstić information content (AvgIpc) is 3.02. The first kappa shape index (κ1) is 41.8. The van der Waals surface area contributed by atoms with Gasteiger partial charge < -0.3 is 61.6 Å². The first-order valence-corrected chi connectivity index (χ1v) is 14.8. The van der Waals surface area contributed by atoms with Gasteiger partial charge in [-0.2, -0.15) is 0 Å². The van der Waals surface area contributed by atoms with Gasteiger partial charge in [-0.1, -0.05) is 5.11 Å². The van der Waals surface area contributed by atoms with Crippen LogP contribution in [0.3, 0.4) is 0 Å². The smallest absolute Gasteiger partial charge is 0.0701 e. The van der Waals surface area contributed by atoms with Crippen LogP contribution in [0, 0.1) is 0 Å². The topological polar surface area (TPSA) is 169 Å². The lowest BCUT2D eigenvalue weighted by atomic mass is 10.6. The van der Waals surface area contributed by atoms with Crippen LogP contribution in [0.4, 0.5) is 0 Å². The van der Waals surface area contributed by atoms with Crippen LogP contribution in [0.5, 0.6) is 0 Å². The van der Waals surface area contributed by atoms with Crippen molar-refractivity contribution in [1.29, 1.82) is 0 Å². The molecule has 0 aliphatic heterocycles. The van der Waals surface area contributed by atoms with Crippen molar-refractivity contribution in [3.63, 3.8) is 0 Å². The molecule has 0 aromatic carbocycles. The SMILES string of the molecule is COCCOCCOCCOCCOCCOCCOCCOCCOCCOCCOCCOCCOCCN=[N+]=[N-]. The Labute approximate surface area is 256 Å². The number of methoxy groups -OCH3 is 1. The number of nitrogens with zero attached hydrogens (tertiary/aromatic N) is 3. The van der Waals surface area contributed by atoms with Crippen molar-refractivity contribution < 1.29 is 61.6 Å². The lowest BCUT2D eigenvalue weighted by Crippen LogP contribution is -2.15. The Kier molecular flexibility index (Phi) is 39.6. The predicted molar refractivity (Wildman–Crippen MR) is 156 cm³/mol. The largest absolute Gasteiger partial charge is 0.382 e. The maximum Gasteiger partial charge on any atom is 0.0701 e. The Balaban J connectivity index is 3.03. The van der Waals surface area contributed by atoms with Gasteiger partial charge in [0, 0.05) is 18.6 Å². The molecule has 16 nitrogen and oxygen atoms in total. The van der Waals surface area contributed by atoms with Gasteiger partial charge in [-0.05, 0) is 5.53 Å². The standard InChI is InChI=1S/C27H55N3O13/c1-31-4-5-33-8-9-35-12-13-37-16-17-39-20-21-41-24-25-43-27-26-42-23-22-40-19-18-38-15-14-36-11-10-34-7-6-32-3-2-29-30-28/h2-27H2,1H3. The second kappa shape index (κ2) is 40.8. The molecule has 0 aliphatic carbocycles. The van der Waals surface area contributed by atoms with Crippen LogP contribution in [0.15, 0.2) is 5.11 Å². The number of hydrogen-bond donors (Lipinski definition) is 0. The number of hydrogen-bond acceptors (Lipinski definition) is 14. The van der Waals surface area contributed by atoms with E-state index in [1.807, 2.05) is 0 Å². The van der Waals surface area contributed by atoms with Crippen molar-refractivity contribution in [2.24, 2.45) is 5.11 Å². The highest BCUT2D eigenvalue weighted by Crippen LogP contribution is 1.87. The minimum absolute atomic E-state index is 0.328. The average molecular weight is 630 g/mol. The molecule has 0 bridgehead atoms. The van der Waals surface area contributed by atoms with E-state index in [-0.39, 0.29) is 0 Å². The number of azide groups is 1. The van der Waals surface area contributed by atoms with Crippen molar-refractivity contribution >= 4 is 0 Å². The third-order valence-electron chi connectivity index (χ3n) is 4.92. The van der Waals surface area contributed by atoms with Crippen molar-refractivity contribution in [3.8, 4) is 0 Å². The summed E-state index contributed by atoms with van der Waals surface area (Å²) in [6.45, 7) is 13.0. The van der Waals surface area contributed by atoms with Gasteiger partial charge >= 0.3 is 0 Å². The van der Waals surface area contributed by atoms with Crippen molar-refractivity contribution in [2.45, 2.75) is 0 Å². The van der Waals surface area contributed by atoms with E-state index in [9.17, 15) is 0 Å². The van der Waals surface area contributed by atoms with Crippen LogP contribution in [-0.2, 0) is 61.6 Å². The molecule has 0 spiro atoms. The minimum atomic E-state index is 0.328. The fourth-order valence-electron chi connectivity index (χ4n) is 2.81. The van der Waals surface area contributed by atoms with Crippen LogP contribution < -0.4 is 0 Å². The number of rotatable bonds is 39. The molecule has 0 atom stereocenters. The second-order valence-corrected chi connectivity index (χ2v) is 8.30. The van der Waals surface area contributed by atoms with Crippen LogP contribution in [0.1, 0.15) is 0 Å². The predicted octanol–water partition coefficient (Wildman–Crippen LogP) is 1.14. The molecule has 0 aromatic rings. The normalized spacial score (nSPS) is 11.3. The molecular formula is C27H55N3O13. The van der Waals surface area contributed by atoms with E-state index in [1.165, 1.54) is 0 Å². The van der Waals surface area contributed by atoms with Crippen LogP contribution in [0.25, 0.3) is 10.4 Å². The van der Waals surface area contributed by atoms with Gasteiger partial charge in [-0.3, -0.25) is 0 Å². The zero-order valence-corrected chi connectivity index (χ0v) is 26.0. The summed E-state index contributed by atoms with van der Waals surface area (Å²) in [7, 11) is 1.64. The molecule has 0 radical (unpaired) electrons. The summed E-state index contributed by atoms with van der Waals surface area (Å²) in [5.74, 6) is 0. The zero-order chi connectivity index (χ0) is 31.0. The van der Waals surface area contributed by atoms with E-state index in [1.54, 1.807) is 7.11 Å². The molecule has 0 N–H and O–H groups in total. The monoisotopic (exact) mass is 629 g/mol. The van der Waals surface area contributed by atoms with Gasteiger partial charge in [0.25, 0.3) is 0 Å². The summed E-state index contributed by atoms with van der Waals surface area (Å²) in [5, 5.41) is 3.37.